The molecule has 0 rings (SSSR count). The van der Waals surface area contributed by atoms with Crippen molar-refractivity contribution in [3.63, 3.8) is 0 Å². The summed E-state index contributed by atoms with van der Waals surface area (Å²) in [6.07, 6.45) is 0. The smallest absolute Gasteiger partial charge is 0.220 e. The molecule has 0 aliphatic heterocycles. The summed E-state index contributed by atoms with van der Waals surface area (Å²) >= 11 is 0. The first-order chi connectivity index (χ1) is 4.21. The molecule has 6 heteroatoms. The summed E-state index contributed by atoms with van der Waals surface area (Å²) in [5, 5.41) is 30.8. The van der Waals surface area contributed by atoms with Crippen LogP contribution in [0.25, 0.3) is 0 Å². The van der Waals surface area contributed by atoms with Crippen LogP contribution >= 0.6 is 21.6 Å². The molecule has 0 aromatic carbocycles. The molecule has 0 aliphatic carbocycles. The molecular formula is C4H10O4S2. The van der Waals surface area contributed by atoms with Crippen LogP contribution in [0.2, 0.25) is 0 Å². The fourth-order valence-corrected chi connectivity index (χ4v) is 1.42. The third-order valence-corrected chi connectivity index (χ3v) is 3.22. The Morgan fingerprint density at radius 1 is 0.800 bits per heavy atom. The van der Waals surface area contributed by atoms with Crippen molar-refractivity contribution in [1.82, 2.24) is 0 Å². The van der Waals surface area contributed by atoms with Gasteiger partial charge in [0.05, 0.1) is 0 Å². The maximum atomic E-state index is 8.66. The summed E-state index contributed by atoms with van der Waals surface area (Å²) in [5.41, 5.74) is 0. The van der Waals surface area contributed by atoms with E-state index in [4.69, 9.17) is 20.4 Å². The fourth-order valence-electron chi connectivity index (χ4n) is 0.158. The van der Waals surface area contributed by atoms with E-state index in [-0.39, 0.29) is 0 Å². The molecule has 0 saturated carbocycles. The summed E-state index contributed by atoms with van der Waals surface area (Å²) in [4.78, 5) is 0. The van der Waals surface area contributed by atoms with Crippen molar-refractivity contribution in [1.29, 1.82) is 0 Å². The third kappa shape index (κ3) is 8.54. The van der Waals surface area contributed by atoms with Gasteiger partial charge in [-0.05, 0) is 21.6 Å². The van der Waals surface area contributed by atoms with Crippen LogP contribution < -0.4 is 0 Å². The minimum absolute atomic E-state index is 0.568. The van der Waals surface area contributed by atoms with Crippen molar-refractivity contribution in [2.24, 2.45) is 0 Å². The summed E-state index contributed by atoms with van der Waals surface area (Å²) in [5.74, 6) is 0. The van der Waals surface area contributed by atoms with E-state index in [2.05, 4.69) is 0 Å². The third-order valence-electron chi connectivity index (χ3n) is 0.357. The highest BCUT2D eigenvalue weighted by Crippen LogP contribution is 2.38. The first-order valence-electron chi connectivity index (χ1n) is 2.47. The van der Waals surface area contributed by atoms with Crippen LogP contribution in [0.1, 0.15) is 13.8 Å². The lowest BCUT2D eigenvalue weighted by Gasteiger charge is -2.19. The SMILES string of the molecule is CC(O)(O)SSC(C)(O)O. The van der Waals surface area contributed by atoms with E-state index in [9.17, 15) is 0 Å². The highest BCUT2D eigenvalue weighted by Gasteiger charge is 2.24. The summed E-state index contributed by atoms with van der Waals surface area (Å²) in [7, 11) is 1.14. The first kappa shape index (κ1) is 10.5. The van der Waals surface area contributed by atoms with Crippen molar-refractivity contribution in [3.05, 3.63) is 0 Å². The summed E-state index contributed by atoms with van der Waals surface area (Å²) in [6, 6.07) is 0. The van der Waals surface area contributed by atoms with Crippen LogP contribution in [-0.4, -0.2) is 30.7 Å². The van der Waals surface area contributed by atoms with E-state index >= 15 is 0 Å². The molecular weight excluding hydrogens is 176 g/mol. The Balaban J connectivity index is 3.56. The topological polar surface area (TPSA) is 80.9 Å². The second-order valence-corrected chi connectivity index (χ2v) is 4.91. The van der Waals surface area contributed by atoms with E-state index in [1.165, 1.54) is 0 Å². The number of rotatable bonds is 3. The molecule has 0 fully saturated rings. The summed E-state index contributed by atoms with van der Waals surface area (Å²) < 4.78 is 0. The zero-order valence-corrected chi connectivity index (χ0v) is 7.24. The molecule has 0 unspecified atom stereocenters. The molecule has 0 heterocycles. The van der Waals surface area contributed by atoms with Crippen LogP contribution in [0.3, 0.4) is 0 Å². The van der Waals surface area contributed by atoms with E-state index in [0.717, 1.165) is 13.8 Å². The van der Waals surface area contributed by atoms with Crippen molar-refractivity contribution in [3.8, 4) is 0 Å². The molecule has 0 atom stereocenters. The molecule has 0 aromatic heterocycles. The van der Waals surface area contributed by atoms with Crippen LogP contribution in [0, 0.1) is 0 Å². The molecule has 0 radical (unpaired) electrons. The van der Waals surface area contributed by atoms with Gasteiger partial charge in [-0.2, -0.15) is 0 Å². The zero-order valence-electron chi connectivity index (χ0n) is 5.61. The maximum absolute atomic E-state index is 8.66. The lowest BCUT2D eigenvalue weighted by atomic mass is 10.8. The standard InChI is InChI=1S/C4H10O4S2/c1-3(5,6)9-10-4(2,7)8/h5-8H,1-2H3. The van der Waals surface area contributed by atoms with Gasteiger partial charge in [-0.25, -0.2) is 0 Å². The van der Waals surface area contributed by atoms with Crippen molar-refractivity contribution in [2.45, 2.75) is 24.1 Å². The van der Waals surface area contributed by atoms with Crippen molar-refractivity contribution in [2.75, 3.05) is 0 Å². The van der Waals surface area contributed by atoms with Gasteiger partial charge < -0.3 is 20.4 Å². The predicted octanol–water partition coefficient (Wildman–Crippen LogP) is -0.316. The highest BCUT2D eigenvalue weighted by molar-refractivity contribution is 8.77. The zero-order chi connectivity index (χ0) is 8.41. The molecule has 0 spiro atoms. The van der Waals surface area contributed by atoms with E-state index in [1.807, 2.05) is 0 Å². The molecule has 0 bridgehead atoms. The van der Waals surface area contributed by atoms with E-state index in [1.54, 1.807) is 0 Å². The largest absolute Gasteiger partial charge is 0.357 e. The van der Waals surface area contributed by atoms with Gasteiger partial charge in [0.1, 0.15) is 0 Å². The molecule has 4 nitrogen and oxygen atoms in total. The Morgan fingerprint density at radius 3 is 1.10 bits per heavy atom. The Bertz CT molecular complexity index is 88.8. The van der Waals surface area contributed by atoms with Crippen LogP contribution in [0.5, 0.6) is 0 Å². The van der Waals surface area contributed by atoms with Gasteiger partial charge in [-0.15, -0.1) is 0 Å². The van der Waals surface area contributed by atoms with Gasteiger partial charge in [0.25, 0.3) is 0 Å². The van der Waals surface area contributed by atoms with Gasteiger partial charge in [0.15, 0.2) is 0 Å². The Labute approximate surface area is 66.7 Å². The van der Waals surface area contributed by atoms with Gasteiger partial charge in [-0.3, -0.25) is 0 Å². The average molecular weight is 186 g/mol. The average Bonchev–Trinajstić information content (AvgIpc) is 1.57. The van der Waals surface area contributed by atoms with Crippen LogP contribution in [0.15, 0.2) is 0 Å². The Morgan fingerprint density at radius 2 is 1.00 bits per heavy atom. The molecule has 0 amide bonds. The van der Waals surface area contributed by atoms with Crippen LogP contribution in [-0.2, 0) is 0 Å². The molecule has 0 saturated heterocycles. The fraction of sp³-hybridized carbons (Fsp3) is 1.00. The highest BCUT2D eigenvalue weighted by atomic mass is 33.1. The van der Waals surface area contributed by atoms with E-state index < -0.39 is 10.2 Å². The van der Waals surface area contributed by atoms with Crippen molar-refractivity contribution < 1.29 is 20.4 Å². The Kier molecular flexibility index (Phi) is 3.47. The van der Waals surface area contributed by atoms with E-state index in [0.29, 0.717) is 21.6 Å². The molecule has 10 heavy (non-hydrogen) atoms. The second kappa shape index (κ2) is 3.29. The minimum Gasteiger partial charge on any atom is -0.357 e. The van der Waals surface area contributed by atoms with Crippen LogP contribution in [0.4, 0.5) is 0 Å². The monoisotopic (exact) mass is 186 g/mol. The lowest BCUT2D eigenvalue weighted by molar-refractivity contribution is -0.0628. The molecule has 0 aromatic rings. The normalized spacial score (nSPS) is 13.8. The number of aliphatic hydroxyl groups is 4. The van der Waals surface area contributed by atoms with Gasteiger partial charge in [0, 0.05) is 13.8 Å². The quantitative estimate of drug-likeness (QED) is 0.357. The van der Waals surface area contributed by atoms with Crippen molar-refractivity contribution >= 4 is 21.6 Å². The predicted molar refractivity (Wildman–Crippen MR) is 40.9 cm³/mol. The molecule has 62 valence electrons. The van der Waals surface area contributed by atoms with Gasteiger partial charge >= 0.3 is 0 Å². The van der Waals surface area contributed by atoms with Gasteiger partial charge in [-0.1, -0.05) is 0 Å². The maximum Gasteiger partial charge on any atom is 0.220 e. The summed E-state index contributed by atoms with van der Waals surface area (Å²) in [6.45, 7) is 2.27. The number of hydrogen-bond acceptors (Lipinski definition) is 6. The first-order valence-corrected chi connectivity index (χ1v) is 4.62. The lowest BCUT2D eigenvalue weighted by Crippen LogP contribution is -2.21. The second-order valence-electron chi connectivity index (χ2n) is 2.03. The minimum atomic E-state index is -1.93. The van der Waals surface area contributed by atoms with Gasteiger partial charge in [0.2, 0.25) is 10.2 Å². The Hall–Kier alpha value is 0.540. The molecule has 4 N–H and O–H groups in total. The number of hydrogen-bond donors (Lipinski definition) is 4. The molecule has 0 aliphatic rings.